The van der Waals surface area contributed by atoms with Gasteiger partial charge in [0.15, 0.2) is 0 Å². The van der Waals surface area contributed by atoms with Crippen LogP contribution in [0.4, 0.5) is 0 Å². The summed E-state index contributed by atoms with van der Waals surface area (Å²) in [5, 5.41) is 0. The average molecular weight is 338 g/mol. The summed E-state index contributed by atoms with van der Waals surface area (Å²) in [5.41, 5.74) is 0.864. The van der Waals surface area contributed by atoms with E-state index in [0.29, 0.717) is 6.04 Å². The molecule has 0 unspecified atom stereocenters. The largest absolute Gasteiger partial charge is 0.335 e. The molecule has 4 heteroatoms. The van der Waals surface area contributed by atoms with Crippen LogP contribution in [-0.4, -0.2) is 40.1 Å². The second-order valence-electron chi connectivity index (χ2n) is 6.77. The molecule has 1 aliphatic heterocycles. The van der Waals surface area contributed by atoms with E-state index in [1.807, 2.05) is 42.3 Å². The van der Waals surface area contributed by atoms with Crippen LogP contribution in [0.5, 0.6) is 0 Å². The van der Waals surface area contributed by atoms with Gasteiger partial charge in [0, 0.05) is 28.0 Å². The van der Waals surface area contributed by atoms with Crippen LogP contribution < -0.4 is 0 Å². The lowest BCUT2D eigenvalue weighted by atomic mass is 10.0. The first kappa shape index (κ1) is 17.7. The zero-order valence-corrected chi connectivity index (χ0v) is 15.7. The van der Waals surface area contributed by atoms with E-state index in [1.165, 1.54) is 6.42 Å². The number of carbonyl (C=O) groups is 1. The van der Waals surface area contributed by atoms with Crippen LogP contribution in [0.3, 0.4) is 0 Å². The van der Waals surface area contributed by atoms with Crippen molar-refractivity contribution in [2.24, 2.45) is 0 Å². The molecule has 0 spiro atoms. The van der Waals surface area contributed by atoms with Crippen molar-refractivity contribution in [3.05, 3.63) is 29.8 Å². The smallest absolute Gasteiger partial charge is 0.255 e. The van der Waals surface area contributed by atoms with Crippen molar-refractivity contribution in [2.45, 2.75) is 55.7 Å². The van der Waals surface area contributed by atoms with Crippen LogP contribution in [0.25, 0.3) is 0 Å². The van der Waals surface area contributed by atoms with E-state index in [9.17, 15) is 4.79 Å². The molecule has 1 amide bonds. The summed E-state index contributed by atoms with van der Waals surface area (Å²) in [4.78, 5) is 16.2. The first-order valence-corrected chi connectivity index (χ1v) is 10.2. The van der Waals surface area contributed by atoms with Crippen LogP contribution in [-0.2, 0) is 0 Å². The van der Waals surface area contributed by atoms with E-state index in [0.717, 1.165) is 35.6 Å². The van der Waals surface area contributed by atoms with Gasteiger partial charge < -0.3 is 4.90 Å². The quantitative estimate of drug-likeness (QED) is 0.726. The molecule has 2 rings (SSSR count). The molecule has 22 heavy (non-hydrogen) atoms. The minimum atomic E-state index is 0.212. The third-order valence-corrected chi connectivity index (χ3v) is 6.15. The van der Waals surface area contributed by atoms with Gasteiger partial charge in [-0.25, -0.2) is 0 Å². The number of nitrogens with zero attached hydrogens (tertiary/aromatic N) is 1. The Kier molecular flexibility index (Phi) is 6.27. The molecule has 1 atom stereocenters. The SMILES string of the molecule is CSc1ccccc1C(=O)N1CCCC[C@H]1CSC(C)(C)C. The predicted octanol–water partition coefficient (Wildman–Crippen LogP) is 4.93. The zero-order valence-electron chi connectivity index (χ0n) is 14.1. The fourth-order valence-corrected chi connectivity index (χ4v) is 4.39. The third-order valence-electron chi connectivity index (χ3n) is 3.93. The normalized spacial score (nSPS) is 19.3. The predicted molar refractivity (Wildman–Crippen MR) is 99.1 cm³/mol. The molecule has 1 aliphatic rings. The number of hydrogen-bond acceptors (Lipinski definition) is 3. The molecule has 0 bridgehead atoms. The number of carbonyl (C=O) groups excluding carboxylic acids is 1. The van der Waals surface area contributed by atoms with Crippen molar-refractivity contribution in [3.63, 3.8) is 0 Å². The minimum Gasteiger partial charge on any atom is -0.335 e. The van der Waals surface area contributed by atoms with Crippen molar-refractivity contribution >= 4 is 29.4 Å². The summed E-state index contributed by atoms with van der Waals surface area (Å²) in [6.07, 6.45) is 5.54. The van der Waals surface area contributed by atoms with E-state index in [-0.39, 0.29) is 10.7 Å². The van der Waals surface area contributed by atoms with E-state index < -0.39 is 0 Å². The maximum Gasteiger partial charge on any atom is 0.255 e. The van der Waals surface area contributed by atoms with Crippen molar-refractivity contribution < 1.29 is 4.79 Å². The Bertz CT molecular complexity index is 510. The number of piperidine rings is 1. The molecule has 0 aliphatic carbocycles. The second-order valence-corrected chi connectivity index (χ2v) is 9.47. The van der Waals surface area contributed by atoms with Gasteiger partial charge in [-0.05, 0) is 37.7 Å². The number of thioether (sulfide) groups is 2. The molecule has 1 aromatic carbocycles. The highest BCUT2D eigenvalue weighted by Crippen LogP contribution is 2.30. The van der Waals surface area contributed by atoms with Gasteiger partial charge in [-0.15, -0.1) is 11.8 Å². The highest BCUT2D eigenvalue weighted by atomic mass is 32.2. The Morgan fingerprint density at radius 1 is 1.27 bits per heavy atom. The minimum absolute atomic E-state index is 0.212. The average Bonchev–Trinajstić information content (AvgIpc) is 2.51. The highest BCUT2D eigenvalue weighted by Gasteiger charge is 2.29. The summed E-state index contributed by atoms with van der Waals surface area (Å²) in [6.45, 7) is 7.64. The van der Waals surface area contributed by atoms with Gasteiger partial charge in [-0.2, -0.15) is 11.8 Å². The number of amides is 1. The van der Waals surface area contributed by atoms with Gasteiger partial charge >= 0.3 is 0 Å². The first-order chi connectivity index (χ1) is 10.4. The Morgan fingerprint density at radius 2 is 2.00 bits per heavy atom. The van der Waals surface area contributed by atoms with Gasteiger partial charge in [-0.3, -0.25) is 4.79 Å². The van der Waals surface area contributed by atoms with Crippen molar-refractivity contribution in [1.82, 2.24) is 4.90 Å². The molecule has 1 saturated heterocycles. The number of likely N-dealkylation sites (tertiary alicyclic amines) is 1. The molecule has 0 radical (unpaired) electrons. The van der Waals surface area contributed by atoms with E-state index in [2.05, 4.69) is 25.7 Å². The molecule has 1 fully saturated rings. The van der Waals surface area contributed by atoms with Gasteiger partial charge in [-0.1, -0.05) is 32.9 Å². The Hall–Kier alpha value is -0.610. The molecule has 1 aromatic rings. The lowest BCUT2D eigenvalue weighted by Gasteiger charge is -2.37. The Balaban J connectivity index is 2.14. The fourth-order valence-electron chi connectivity index (χ4n) is 2.76. The monoisotopic (exact) mass is 337 g/mol. The molecular formula is C18H27NOS2. The van der Waals surface area contributed by atoms with Crippen molar-refractivity contribution in [1.29, 1.82) is 0 Å². The maximum absolute atomic E-state index is 13.0. The molecule has 2 nitrogen and oxygen atoms in total. The van der Waals surface area contributed by atoms with Crippen LogP contribution in [0.1, 0.15) is 50.4 Å². The van der Waals surface area contributed by atoms with Crippen LogP contribution >= 0.6 is 23.5 Å². The summed E-state index contributed by atoms with van der Waals surface area (Å²) in [5.74, 6) is 1.25. The first-order valence-electron chi connectivity index (χ1n) is 8.00. The molecule has 0 N–H and O–H groups in total. The van der Waals surface area contributed by atoms with Gasteiger partial charge in [0.1, 0.15) is 0 Å². The standard InChI is InChI=1S/C18H27NOS2/c1-18(2,3)22-13-14-9-7-8-12-19(14)17(20)15-10-5-6-11-16(15)21-4/h5-6,10-11,14H,7-9,12-13H2,1-4H3/t14-/m0/s1. The summed E-state index contributed by atoms with van der Waals surface area (Å²) in [7, 11) is 0. The Morgan fingerprint density at radius 3 is 2.68 bits per heavy atom. The lowest BCUT2D eigenvalue weighted by molar-refractivity contribution is 0.0637. The molecular weight excluding hydrogens is 310 g/mol. The molecule has 122 valence electrons. The molecule has 1 heterocycles. The van der Waals surface area contributed by atoms with Crippen molar-refractivity contribution in [2.75, 3.05) is 18.6 Å². The number of rotatable bonds is 4. The van der Waals surface area contributed by atoms with E-state index >= 15 is 0 Å². The van der Waals surface area contributed by atoms with Crippen LogP contribution in [0.2, 0.25) is 0 Å². The topological polar surface area (TPSA) is 20.3 Å². The van der Waals surface area contributed by atoms with Crippen LogP contribution in [0.15, 0.2) is 29.2 Å². The number of benzene rings is 1. The van der Waals surface area contributed by atoms with Gasteiger partial charge in [0.05, 0.1) is 5.56 Å². The van der Waals surface area contributed by atoms with E-state index in [1.54, 1.807) is 11.8 Å². The fraction of sp³-hybridized carbons (Fsp3) is 0.611. The van der Waals surface area contributed by atoms with Crippen molar-refractivity contribution in [3.8, 4) is 0 Å². The Labute approximate surface area is 143 Å². The highest BCUT2D eigenvalue weighted by molar-refractivity contribution is 8.00. The zero-order chi connectivity index (χ0) is 16.2. The van der Waals surface area contributed by atoms with Gasteiger partial charge in [0.25, 0.3) is 5.91 Å². The number of hydrogen-bond donors (Lipinski definition) is 0. The van der Waals surface area contributed by atoms with Crippen LogP contribution in [0, 0.1) is 0 Å². The lowest BCUT2D eigenvalue weighted by Crippen LogP contribution is -2.45. The maximum atomic E-state index is 13.0. The second kappa shape index (κ2) is 7.78. The summed E-state index contributed by atoms with van der Waals surface area (Å²) in [6, 6.07) is 8.36. The van der Waals surface area contributed by atoms with Gasteiger partial charge in [0.2, 0.25) is 0 Å². The summed E-state index contributed by atoms with van der Waals surface area (Å²) < 4.78 is 0.253. The molecule has 0 saturated carbocycles. The summed E-state index contributed by atoms with van der Waals surface area (Å²) >= 11 is 3.62. The van der Waals surface area contributed by atoms with E-state index in [4.69, 9.17) is 0 Å². The third kappa shape index (κ3) is 4.69. The molecule has 0 aromatic heterocycles.